The number of likely N-dealkylation sites (N-methyl/N-ethyl adjacent to an activating group) is 1. The first-order valence-electron chi connectivity index (χ1n) is 11.9. The predicted molar refractivity (Wildman–Crippen MR) is 142 cm³/mol. The third-order valence-electron chi connectivity index (χ3n) is 7.12. The fraction of sp³-hybridized carbons (Fsp3) is 0.423. The van der Waals surface area contributed by atoms with Crippen LogP contribution in [0.15, 0.2) is 42.5 Å². The van der Waals surface area contributed by atoms with Gasteiger partial charge in [-0.1, -0.05) is 40.9 Å². The maximum Gasteiger partial charge on any atom is 0.320 e. The molecule has 0 saturated carbocycles. The van der Waals surface area contributed by atoms with Gasteiger partial charge in [0.25, 0.3) is 5.91 Å². The van der Waals surface area contributed by atoms with Crippen molar-refractivity contribution in [2.24, 2.45) is 0 Å². The normalized spacial score (nSPS) is 20.3. The number of benzene rings is 2. The SMILES string of the molecule is CC(=O)N1CCN(C(=O)N2CC[C@@H](N(C)C(=O)c3ccc(Cl)cc3)[C@H](c3ccc(Cl)c(Cl)c3)C2)CC1. The Balaban J connectivity index is 1.55. The summed E-state index contributed by atoms with van der Waals surface area (Å²) in [6.45, 7) is 4.58. The lowest BCUT2D eigenvalue weighted by molar-refractivity contribution is -0.130. The highest BCUT2D eigenvalue weighted by Crippen LogP contribution is 2.35. The van der Waals surface area contributed by atoms with E-state index in [1.807, 2.05) is 17.0 Å². The van der Waals surface area contributed by atoms with E-state index in [1.54, 1.807) is 59.0 Å². The van der Waals surface area contributed by atoms with E-state index in [1.165, 1.54) is 0 Å². The van der Waals surface area contributed by atoms with Crippen molar-refractivity contribution < 1.29 is 14.4 Å². The number of likely N-dealkylation sites (tertiary alicyclic amines) is 1. The minimum absolute atomic E-state index is 0.0241. The summed E-state index contributed by atoms with van der Waals surface area (Å²) >= 11 is 18.5. The Kier molecular flexibility index (Phi) is 8.33. The minimum atomic E-state index is -0.155. The van der Waals surface area contributed by atoms with Crippen molar-refractivity contribution in [2.75, 3.05) is 46.3 Å². The third kappa shape index (κ3) is 5.74. The molecule has 2 saturated heterocycles. The van der Waals surface area contributed by atoms with E-state index in [9.17, 15) is 14.4 Å². The Morgan fingerprint density at radius 1 is 0.833 bits per heavy atom. The number of carbonyl (C=O) groups is 3. The van der Waals surface area contributed by atoms with E-state index in [0.717, 1.165) is 5.56 Å². The molecule has 2 aliphatic heterocycles. The molecule has 2 aromatic carbocycles. The fourth-order valence-electron chi connectivity index (χ4n) is 5.01. The summed E-state index contributed by atoms with van der Waals surface area (Å²) in [6, 6.07) is 12.1. The predicted octanol–water partition coefficient (Wildman–Crippen LogP) is 4.86. The van der Waals surface area contributed by atoms with Crippen LogP contribution in [0.1, 0.15) is 35.2 Å². The van der Waals surface area contributed by atoms with Crippen molar-refractivity contribution in [3.8, 4) is 0 Å². The van der Waals surface area contributed by atoms with Gasteiger partial charge in [0.15, 0.2) is 0 Å². The highest BCUT2D eigenvalue weighted by atomic mass is 35.5. The Hall–Kier alpha value is -2.48. The molecule has 2 fully saturated rings. The smallest absolute Gasteiger partial charge is 0.320 e. The number of nitrogens with zero attached hydrogens (tertiary/aromatic N) is 4. The summed E-state index contributed by atoms with van der Waals surface area (Å²) in [7, 11) is 1.80. The average molecular weight is 552 g/mol. The zero-order valence-corrected chi connectivity index (χ0v) is 22.6. The number of piperazine rings is 1. The fourth-order valence-corrected chi connectivity index (χ4v) is 5.44. The van der Waals surface area contributed by atoms with E-state index < -0.39 is 0 Å². The topological polar surface area (TPSA) is 64.2 Å². The van der Waals surface area contributed by atoms with E-state index in [-0.39, 0.29) is 29.8 Å². The molecule has 0 bridgehead atoms. The van der Waals surface area contributed by atoms with Gasteiger partial charge in [-0.05, 0) is 48.4 Å². The molecule has 10 heteroatoms. The second-order valence-electron chi connectivity index (χ2n) is 9.28. The molecule has 7 nitrogen and oxygen atoms in total. The van der Waals surface area contributed by atoms with Gasteiger partial charge in [0, 0.05) is 75.8 Å². The van der Waals surface area contributed by atoms with Gasteiger partial charge in [0.05, 0.1) is 10.0 Å². The maximum atomic E-state index is 13.4. The lowest BCUT2D eigenvalue weighted by Gasteiger charge is -2.45. The van der Waals surface area contributed by atoms with Gasteiger partial charge in [-0.15, -0.1) is 0 Å². The number of rotatable bonds is 3. The lowest BCUT2D eigenvalue weighted by Crippen LogP contribution is -2.57. The third-order valence-corrected chi connectivity index (χ3v) is 8.11. The van der Waals surface area contributed by atoms with Gasteiger partial charge in [-0.25, -0.2) is 4.79 Å². The molecule has 0 radical (unpaired) electrons. The first-order chi connectivity index (χ1) is 17.2. The zero-order chi connectivity index (χ0) is 26.0. The Morgan fingerprint density at radius 2 is 1.47 bits per heavy atom. The number of halogens is 3. The highest BCUT2D eigenvalue weighted by molar-refractivity contribution is 6.42. The Labute approximate surface area is 226 Å². The van der Waals surface area contributed by atoms with Crippen molar-refractivity contribution in [2.45, 2.75) is 25.3 Å². The Morgan fingerprint density at radius 3 is 2.08 bits per heavy atom. The molecule has 4 rings (SSSR count). The molecular formula is C26H29Cl3N4O3. The second kappa shape index (κ2) is 11.3. The van der Waals surface area contributed by atoms with E-state index >= 15 is 0 Å². The number of hydrogen-bond acceptors (Lipinski definition) is 3. The standard InChI is InChI=1S/C26H29Cl3N4O3/c1-17(34)31-11-13-32(14-12-31)26(36)33-10-9-24(21(16-33)19-5-8-22(28)23(29)15-19)30(2)25(35)18-3-6-20(27)7-4-18/h3-8,15,21,24H,9-14,16H2,1-2H3/t21-,24+/m0/s1. The summed E-state index contributed by atoms with van der Waals surface area (Å²) in [5, 5.41) is 1.46. The number of hydrogen-bond donors (Lipinski definition) is 0. The quantitative estimate of drug-likeness (QED) is 0.547. The second-order valence-corrected chi connectivity index (χ2v) is 10.5. The summed E-state index contributed by atoms with van der Waals surface area (Å²) in [6.07, 6.45) is 0.611. The van der Waals surface area contributed by atoms with E-state index in [2.05, 4.69) is 0 Å². The first-order valence-corrected chi connectivity index (χ1v) is 13.1. The monoisotopic (exact) mass is 550 g/mol. The molecule has 0 spiro atoms. The van der Waals surface area contributed by atoms with Gasteiger partial charge < -0.3 is 19.6 Å². The van der Waals surface area contributed by atoms with Crippen molar-refractivity contribution in [3.05, 3.63) is 68.7 Å². The van der Waals surface area contributed by atoms with Crippen molar-refractivity contribution >= 4 is 52.6 Å². The van der Waals surface area contributed by atoms with Gasteiger partial charge in [0.1, 0.15) is 0 Å². The van der Waals surface area contributed by atoms with Crippen LogP contribution in [0.2, 0.25) is 15.1 Å². The summed E-state index contributed by atoms with van der Waals surface area (Å²) < 4.78 is 0. The summed E-state index contributed by atoms with van der Waals surface area (Å²) in [5.74, 6) is -0.241. The van der Waals surface area contributed by atoms with Crippen molar-refractivity contribution in [1.82, 2.24) is 19.6 Å². The molecule has 2 aliphatic rings. The molecule has 0 unspecified atom stereocenters. The van der Waals surface area contributed by atoms with Crippen LogP contribution in [0.3, 0.4) is 0 Å². The molecule has 36 heavy (non-hydrogen) atoms. The molecule has 2 heterocycles. The van der Waals surface area contributed by atoms with Gasteiger partial charge in [0.2, 0.25) is 5.91 Å². The summed E-state index contributed by atoms with van der Waals surface area (Å²) in [4.78, 5) is 45.5. The van der Waals surface area contributed by atoms with Crippen LogP contribution in [-0.4, -0.2) is 89.8 Å². The highest BCUT2D eigenvalue weighted by Gasteiger charge is 2.38. The van der Waals surface area contributed by atoms with Crippen LogP contribution in [0.4, 0.5) is 4.79 Å². The molecular weight excluding hydrogens is 523 g/mol. The molecule has 0 aliphatic carbocycles. The van der Waals surface area contributed by atoms with Crippen LogP contribution >= 0.6 is 34.8 Å². The van der Waals surface area contributed by atoms with Gasteiger partial charge in [-0.3, -0.25) is 9.59 Å². The molecule has 0 aromatic heterocycles. The molecule has 4 amide bonds. The van der Waals surface area contributed by atoms with Crippen LogP contribution in [0, 0.1) is 0 Å². The van der Waals surface area contributed by atoms with Crippen LogP contribution < -0.4 is 0 Å². The van der Waals surface area contributed by atoms with E-state index in [0.29, 0.717) is 66.3 Å². The first kappa shape index (κ1) is 26.6. The maximum absolute atomic E-state index is 13.4. The Bertz CT molecular complexity index is 1140. The van der Waals surface area contributed by atoms with Crippen LogP contribution in [-0.2, 0) is 4.79 Å². The van der Waals surface area contributed by atoms with Crippen LogP contribution in [0.25, 0.3) is 0 Å². The van der Waals surface area contributed by atoms with Crippen molar-refractivity contribution in [3.63, 3.8) is 0 Å². The summed E-state index contributed by atoms with van der Waals surface area (Å²) in [5.41, 5.74) is 1.47. The molecule has 0 N–H and O–H groups in total. The van der Waals surface area contributed by atoms with Gasteiger partial charge in [-0.2, -0.15) is 0 Å². The minimum Gasteiger partial charge on any atom is -0.339 e. The number of piperidine rings is 1. The zero-order valence-electron chi connectivity index (χ0n) is 20.3. The average Bonchev–Trinajstić information content (AvgIpc) is 2.89. The van der Waals surface area contributed by atoms with Gasteiger partial charge >= 0.3 is 6.03 Å². The number of carbonyl (C=O) groups excluding carboxylic acids is 3. The molecule has 2 aromatic rings. The number of urea groups is 1. The van der Waals surface area contributed by atoms with Crippen LogP contribution in [0.5, 0.6) is 0 Å². The molecule has 2 atom stereocenters. The van der Waals surface area contributed by atoms with Crippen molar-refractivity contribution in [1.29, 1.82) is 0 Å². The molecule has 192 valence electrons. The number of amides is 4. The van der Waals surface area contributed by atoms with E-state index in [4.69, 9.17) is 34.8 Å². The largest absolute Gasteiger partial charge is 0.339 e. The lowest BCUT2D eigenvalue weighted by atomic mass is 9.85.